The Balaban J connectivity index is 1.44. The summed E-state index contributed by atoms with van der Waals surface area (Å²) in [5.41, 5.74) is 8.99. The lowest BCUT2D eigenvalue weighted by atomic mass is 10.0. The molecular weight excluding hydrogens is 500 g/mol. The number of hydrogen-bond donors (Lipinski definition) is 7. The molecule has 4 atom stereocenters. The van der Waals surface area contributed by atoms with Crippen LogP contribution in [0.25, 0.3) is 21.8 Å². The first-order valence-corrected chi connectivity index (χ1v) is 12.6. The number of nitrogens with one attached hydrogen (secondary N) is 5. The van der Waals surface area contributed by atoms with Crippen molar-refractivity contribution in [3.63, 3.8) is 0 Å². The van der Waals surface area contributed by atoms with E-state index in [2.05, 4.69) is 25.9 Å². The fraction of sp³-hybridized carbons (Fsp3) is 0.286. The third-order valence-electron chi connectivity index (χ3n) is 6.61. The molecular formula is C28H32N6O5. The van der Waals surface area contributed by atoms with Gasteiger partial charge in [-0.25, -0.2) is 4.79 Å². The van der Waals surface area contributed by atoms with Crippen LogP contribution < -0.4 is 21.7 Å². The van der Waals surface area contributed by atoms with E-state index in [1.54, 1.807) is 12.4 Å². The van der Waals surface area contributed by atoms with E-state index < -0.39 is 47.9 Å². The van der Waals surface area contributed by atoms with Gasteiger partial charge in [0.1, 0.15) is 18.1 Å². The molecule has 0 aliphatic rings. The number of aromatic amines is 2. The van der Waals surface area contributed by atoms with Crippen molar-refractivity contribution in [2.75, 3.05) is 0 Å². The zero-order chi connectivity index (χ0) is 28.1. The molecule has 0 bridgehead atoms. The third kappa shape index (κ3) is 6.44. The molecule has 0 saturated heterocycles. The minimum absolute atomic E-state index is 0.0549. The first-order chi connectivity index (χ1) is 18.6. The lowest BCUT2D eigenvalue weighted by Gasteiger charge is -2.23. The minimum Gasteiger partial charge on any atom is -0.480 e. The maximum absolute atomic E-state index is 13.2. The number of H-pyrrole nitrogens is 2. The SMILES string of the molecule is CC(N)C(=O)NC(Cc1c[nH]c2ccccc12)C(=O)NC(C)C(=O)NC(Cc1c[nH]c2ccccc12)C(=O)O. The number of carbonyl (C=O) groups excluding carboxylic acids is 3. The zero-order valence-corrected chi connectivity index (χ0v) is 21.7. The second-order valence-electron chi connectivity index (χ2n) is 9.61. The fourth-order valence-corrected chi connectivity index (χ4v) is 4.43. The summed E-state index contributed by atoms with van der Waals surface area (Å²) < 4.78 is 0. The van der Waals surface area contributed by atoms with Crippen LogP contribution in [-0.4, -0.2) is 62.9 Å². The highest BCUT2D eigenvalue weighted by atomic mass is 16.4. The van der Waals surface area contributed by atoms with E-state index in [1.165, 1.54) is 13.8 Å². The number of para-hydroxylation sites is 2. The number of carboxylic acid groups (broad SMARTS) is 1. The highest BCUT2D eigenvalue weighted by molar-refractivity contribution is 5.95. The number of carboxylic acids is 1. The normalized spacial score (nSPS) is 14.3. The zero-order valence-electron chi connectivity index (χ0n) is 21.7. The Labute approximate surface area is 224 Å². The van der Waals surface area contributed by atoms with Gasteiger partial charge in [0.05, 0.1) is 6.04 Å². The first kappa shape index (κ1) is 27.4. The van der Waals surface area contributed by atoms with Crippen molar-refractivity contribution in [2.24, 2.45) is 5.73 Å². The Kier molecular flexibility index (Phi) is 8.30. The predicted molar refractivity (Wildman–Crippen MR) is 147 cm³/mol. The largest absolute Gasteiger partial charge is 0.480 e. The van der Waals surface area contributed by atoms with Gasteiger partial charge < -0.3 is 36.8 Å². The van der Waals surface area contributed by atoms with Gasteiger partial charge in [0.25, 0.3) is 0 Å². The highest BCUT2D eigenvalue weighted by Crippen LogP contribution is 2.20. The molecule has 0 saturated carbocycles. The van der Waals surface area contributed by atoms with Crippen LogP contribution in [-0.2, 0) is 32.0 Å². The van der Waals surface area contributed by atoms with Crippen LogP contribution in [0, 0.1) is 0 Å². The standard InChI is InChI=1S/C28H32N6O5/c1-15(29)25(35)33-23(11-17-13-30-21-9-5-3-7-19(17)21)27(37)32-16(2)26(36)34-24(28(38)39)12-18-14-31-22-10-6-4-8-20(18)22/h3-10,13-16,23-24,30-31H,11-12,29H2,1-2H3,(H,32,37)(H,33,35)(H,34,36)(H,38,39). The maximum atomic E-state index is 13.2. The van der Waals surface area contributed by atoms with Crippen LogP contribution in [0.1, 0.15) is 25.0 Å². The lowest BCUT2D eigenvalue weighted by molar-refractivity contribution is -0.142. The molecule has 39 heavy (non-hydrogen) atoms. The molecule has 2 aromatic carbocycles. The Hall–Kier alpha value is -4.64. The molecule has 0 aliphatic carbocycles. The molecule has 0 fully saturated rings. The molecule has 4 unspecified atom stereocenters. The van der Waals surface area contributed by atoms with Crippen molar-refractivity contribution in [2.45, 2.75) is 50.9 Å². The van der Waals surface area contributed by atoms with E-state index in [-0.39, 0.29) is 12.8 Å². The van der Waals surface area contributed by atoms with E-state index in [0.29, 0.717) is 0 Å². The fourth-order valence-electron chi connectivity index (χ4n) is 4.43. The van der Waals surface area contributed by atoms with Gasteiger partial charge in [-0.3, -0.25) is 14.4 Å². The number of carbonyl (C=O) groups is 4. The Morgan fingerprint density at radius 3 is 1.74 bits per heavy atom. The van der Waals surface area contributed by atoms with Crippen LogP contribution in [0.4, 0.5) is 0 Å². The van der Waals surface area contributed by atoms with E-state index in [9.17, 15) is 24.3 Å². The second kappa shape index (κ2) is 11.8. The van der Waals surface area contributed by atoms with Gasteiger partial charge in [-0.2, -0.15) is 0 Å². The Morgan fingerprint density at radius 2 is 1.23 bits per heavy atom. The van der Waals surface area contributed by atoms with Crippen LogP contribution >= 0.6 is 0 Å². The second-order valence-corrected chi connectivity index (χ2v) is 9.61. The quantitative estimate of drug-likeness (QED) is 0.153. The van der Waals surface area contributed by atoms with Gasteiger partial charge in [0.2, 0.25) is 17.7 Å². The van der Waals surface area contributed by atoms with Crippen LogP contribution in [0.5, 0.6) is 0 Å². The molecule has 3 amide bonds. The molecule has 11 heteroatoms. The predicted octanol–water partition coefficient (Wildman–Crippen LogP) is 1.34. The molecule has 11 nitrogen and oxygen atoms in total. The third-order valence-corrected chi connectivity index (χ3v) is 6.61. The average molecular weight is 533 g/mol. The summed E-state index contributed by atoms with van der Waals surface area (Å²) in [6.45, 7) is 2.96. The Morgan fingerprint density at radius 1 is 0.744 bits per heavy atom. The van der Waals surface area contributed by atoms with Crippen molar-refractivity contribution < 1.29 is 24.3 Å². The molecule has 0 spiro atoms. The monoisotopic (exact) mass is 532 g/mol. The number of nitrogens with two attached hydrogens (primary N) is 1. The summed E-state index contributed by atoms with van der Waals surface area (Å²) in [5.74, 6) is -2.98. The molecule has 4 aromatic rings. The van der Waals surface area contributed by atoms with Crippen molar-refractivity contribution in [1.29, 1.82) is 0 Å². The van der Waals surface area contributed by atoms with Crippen molar-refractivity contribution in [3.05, 3.63) is 72.1 Å². The lowest BCUT2D eigenvalue weighted by Crippen LogP contribution is -2.56. The number of aliphatic carboxylic acids is 1. The topological polar surface area (TPSA) is 182 Å². The van der Waals surface area contributed by atoms with Crippen LogP contribution in [0.15, 0.2) is 60.9 Å². The van der Waals surface area contributed by atoms with Gasteiger partial charge in [-0.15, -0.1) is 0 Å². The van der Waals surface area contributed by atoms with Gasteiger partial charge in [-0.1, -0.05) is 36.4 Å². The Bertz CT molecular complexity index is 1510. The summed E-state index contributed by atoms with van der Waals surface area (Å²) in [6, 6.07) is 10.9. The summed E-state index contributed by atoms with van der Waals surface area (Å²) in [7, 11) is 0. The molecule has 8 N–H and O–H groups in total. The van der Waals surface area contributed by atoms with E-state index >= 15 is 0 Å². The number of amides is 3. The van der Waals surface area contributed by atoms with E-state index in [1.807, 2.05) is 48.5 Å². The summed E-state index contributed by atoms with van der Waals surface area (Å²) in [5, 5.41) is 19.3. The number of hydrogen-bond acceptors (Lipinski definition) is 5. The van der Waals surface area contributed by atoms with Crippen molar-refractivity contribution in [3.8, 4) is 0 Å². The molecule has 2 heterocycles. The number of rotatable bonds is 11. The summed E-state index contributed by atoms with van der Waals surface area (Å²) in [6.07, 6.45) is 3.69. The molecule has 0 aliphatic heterocycles. The molecule has 2 aromatic heterocycles. The van der Waals surface area contributed by atoms with Gasteiger partial charge in [-0.05, 0) is 37.1 Å². The molecule has 4 rings (SSSR count). The highest BCUT2D eigenvalue weighted by Gasteiger charge is 2.29. The number of benzene rings is 2. The minimum atomic E-state index is -1.21. The van der Waals surface area contributed by atoms with Gasteiger partial charge >= 0.3 is 5.97 Å². The number of aromatic nitrogens is 2. The van der Waals surface area contributed by atoms with E-state index in [0.717, 1.165) is 32.9 Å². The van der Waals surface area contributed by atoms with Gasteiger partial charge in [0.15, 0.2) is 0 Å². The summed E-state index contributed by atoms with van der Waals surface area (Å²) >= 11 is 0. The average Bonchev–Trinajstić information content (AvgIpc) is 3.51. The van der Waals surface area contributed by atoms with Gasteiger partial charge in [0, 0.05) is 47.0 Å². The number of fused-ring (bicyclic) bond motifs is 2. The van der Waals surface area contributed by atoms with Crippen molar-refractivity contribution >= 4 is 45.5 Å². The molecule has 204 valence electrons. The molecule has 0 radical (unpaired) electrons. The van der Waals surface area contributed by atoms with Crippen LogP contribution in [0.3, 0.4) is 0 Å². The first-order valence-electron chi connectivity index (χ1n) is 12.6. The van der Waals surface area contributed by atoms with E-state index in [4.69, 9.17) is 5.73 Å². The van der Waals surface area contributed by atoms with Crippen molar-refractivity contribution in [1.82, 2.24) is 25.9 Å². The smallest absolute Gasteiger partial charge is 0.326 e. The van der Waals surface area contributed by atoms with Crippen LogP contribution in [0.2, 0.25) is 0 Å². The maximum Gasteiger partial charge on any atom is 0.326 e. The summed E-state index contributed by atoms with van der Waals surface area (Å²) in [4.78, 5) is 56.7.